The SMILES string of the molecule is OC1CCN(c2ncc3c(-c4ccccc4)c(-c4ccc(Cl)nc4)oc3n2)CC1. The number of rotatable bonds is 3. The van der Waals surface area contributed by atoms with Gasteiger partial charge in [-0.05, 0) is 30.5 Å². The number of aliphatic hydroxyl groups excluding tert-OH is 1. The maximum absolute atomic E-state index is 9.76. The van der Waals surface area contributed by atoms with Gasteiger partial charge in [0.2, 0.25) is 11.7 Å². The van der Waals surface area contributed by atoms with Crippen molar-refractivity contribution in [3.63, 3.8) is 0 Å². The molecular weight excluding hydrogens is 388 g/mol. The zero-order chi connectivity index (χ0) is 19.8. The lowest BCUT2D eigenvalue weighted by atomic mass is 10.0. The van der Waals surface area contributed by atoms with E-state index < -0.39 is 0 Å². The van der Waals surface area contributed by atoms with Crippen LogP contribution in [0.1, 0.15) is 12.8 Å². The fourth-order valence-electron chi connectivity index (χ4n) is 3.70. The molecule has 0 radical (unpaired) electrons. The fourth-order valence-corrected chi connectivity index (χ4v) is 3.81. The molecule has 1 aliphatic rings. The van der Waals surface area contributed by atoms with Crippen LogP contribution in [0, 0.1) is 0 Å². The molecule has 0 saturated carbocycles. The molecule has 4 heterocycles. The molecule has 0 atom stereocenters. The first-order valence-electron chi connectivity index (χ1n) is 9.59. The van der Waals surface area contributed by atoms with Crippen molar-refractivity contribution in [2.75, 3.05) is 18.0 Å². The number of anilines is 1. The Morgan fingerprint density at radius 1 is 0.966 bits per heavy atom. The second kappa shape index (κ2) is 7.46. The lowest BCUT2D eigenvalue weighted by Gasteiger charge is -2.29. The number of furan rings is 1. The Hall–Kier alpha value is -2.96. The quantitative estimate of drug-likeness (QED) is 0.502. The van der Waals surface area contributed by atoms with E-state index in [9.17, 15) is 5.11 Å². The summed E-state index contributed by atoms with van der Waals surface area (Å²) in [6.07, 6.45) is 4.72. The predicted molar refractivity (Wildman–Crippen MR) is 113 cm³/mol. The molecule has 1 aromatic carbocycles. The van der Waals surface area contributed by atoms with Gasteiger partial charge in [-0.1, -0.05) is 41.9 Å². The second-order valence-electron chi connectivity index (χ2n) is 7.15. The third-order valence-electron chi connectivity index (χ3n) is 5.24. The van der Waals surface area contributed by atoms with Crippen molar-refractivity contribution in [1.82, 2.24) is 15.0 Å². The van der Waals surface area contributed by atoms with Crippen LogP contribution in [0.3, 0.4) is 0 Å². The van der Waals surface area contributed by atoms with Gasteiger partial charge in [0.05, 0.1) is 11.5 Å². The standard InChI is InChI=1S/C22H19ClN4O2/c23-18-7-6-15(12-24-18)20-19(14-4-2-1-3-5-14)17-13-25-22(26-21(17)29-20)27-10-8-16(28)9-11-27/h1-7,12-13,16,28H,8-11H2. The van der Waals surface area contributed by atoms with E-state index in [2.05, 4.69) is 14.9 Å². The van der Waals surface area contributed by atoms with Gasteiger partial charge < -0.3 is 14.4 Å². The Morgan fingerprint density at radius 2 is 1.76 bits per heavy atom. The second-order valence-corrected chi connectivity index (χ2v) is 7.54. The summed E-state index contributed by atoms with van der Waals surface area (Å²) in [5.74, 6) is 1.31. The summed E-state index contributed by atoms with van der Waals surface area (Å²) in [5, 5.41) is 11.0. The molecule has 7 heteroatoms. The first-order valence-corrected chi connectivity index (χ1v) is 9.97. The van der Waals surface area contributed by atoms with Gasteiger partial charge in [0.25, 0.3) is 0 Å². The van der Waals surface area contributed by atoms with Crippen molar-refractivity contribution in [3.8, 4) is 22.5 Å². The molecular formula is C22H19ClN4O2. The highest BCUT2D eigenvalue weighted by Crippen LogP contribution is 2.40. The highest BCUT2D eigenvalue weighted by Gasteiger charge is 2.23. The van der Waals surface area contributed by atoms with E-state index in [4.69, 9.17) is 21.0 Å². The number of pyridine rings is 1. The van der Waals surface area contributed by atoms with Gasteiger partial charge in [0.1, 0.15) is 10.9 Å². The van der Waals surface area contributed by atoms with Gasteiger partial charge in [-0.25, -0.2) is 9.97 Å². The Bertz CT molecular complexity index is 1140. The third kappa shape index (κ3) is 3.45. The van der Waals surface area contributed by atoms with Gasteiger partial charge in [-0.3, -0.25) is 0 Å². The van der Waals surface area contributed by atoms with E-state index >= 15 is 0 Å². The highest BCUT2D eigenvalue weighted by molar-refractivity contribution is 6.29. The van der Waals surface area contributed by atoms with Crippen LogP contribution in [-0.2, 0) is 0 Å². The summed E-state index contributed by atoms with van der Waals surface area (Å²) in [5.41, 5.74) is 3.32. The normalized spacial score (nSPS) is 15.2. The molecule has 1 N–H and O–H groups in total. The molecule has 3 aromatic heterocycles. The molecule has 5 rings (SSSR count). The van der Waals surface area contributed by atoms with Crippen LogP contribution in [0.4, 0.5) is 5.95 Å². The monoisotopic (exact) mass is 406 g/mol. The number of piperidine rings is 1. The summed E-state index contributed by atoms with van der Waals surface area (Å²) in [6.45, 7) is 1.46. The van der Waals surface area contributed by atoms with E-state index in [1.807, 2.05) is 42.6 Å². The highest BCUT2D eigenvalue weighted by atomic mass is 35.5. The number of aliphatic hydroxyl groups is 1. The molecule has 1 saturated heterocycles. The lowest BCUT2D eigenvalue weighted by Crippen LogP contribution is -2.36. The number of halogens is 1. The summed E-state index contributed by atoms with van der Waals surface area (Å²) in [7, 11) is 0. The van der Waals surface area contributed by atoms with Crippen LogP contribution in [-0.4, -0.2) is 39.3 Å². The molecule has 0 aliphatic carbocycles. The van der Waals surface area contributed by atoms with Crippen molar-refractivity contribution in [1.29, 1.82) is 0 Å². The van der Waals surface area contributed by atoms with Gasteiger partial charge in [0.15, 0.2) is 0 Å². The number of nitrogens with zero attached hydrogens (tertiary/aromatic N) is 4. The number of aromatic nitrogens is 3. The molecule has 1 fully saturated rings. The Morgan fingerprint density at radius 3 is 2.48 bits per heavy atom. The van der Waals surface area contributed by atoms with Crippen molar-refractivity contribution < 1.29 is 9.52 Å². The van der Waals surface area contributed by atoms with Crippen LogP contribution in [0.2, 0.25) is 5.15 Å². The minimum absolute atomic E-state index is 0.243. The molecule has 1 aliphatic heterocycles. The van der Waals surface area contributed by atoms with Gasteiger partial charge in [-0.15, -0.1) is 0 Å². The first-order chi connectivity index (χ1) is 14.2. The molecule has 4 aromatic rings. The van der Waals surface area contributed by atoms with Crippen LogP contribution >= 0.6 is 11.6 Å². The Balaban J connectivity index is 1.65. The summed E-state index contributed by atoms with van der Waals surface area (Å²) in [4.78, 5) is 15.6. The smallest absolute Gasteiger partial charge is 0.232 e. The zero-order valence-electron chi connectivity index (χ0n) is 15.6. The topological polar surface area (TPSA) is 75.3 Å². The average Bonchev–Trinajstić information content (AvgIpc) is 3.14. The number of hydrogen-bond donors (Lipinski definition) is 1. The minimum Gasteiger partial charge on any atom is -0.437 e. The summed E-state index contributed by atoms with van der Waals surface area (Å²) in [6, 6.07) is 13.7. The number of hydrogen-bond acceptors (Lipinski definition) is 6. The third-order valence-corrected chi connectivity index (χ3v) is 5.46. The Kier molecular flexibility index (Phi) is 4.66. The first kappa shape index (κ1) is 18.1. The maximum atomic E-state index is 9.76. The average molecular weight is 407 g/mol. The molecule has 0 spiro atoms. The van der Waals surface area contributed by atoms with Gasteiger partial charge in [0, 0.05) is 36.6 Å². The van der Waals surface area contributed by atoms with E-state index in [1.165, 1.54) is 0 Å². The van der Waals surface area contributed by atoms with Crippen LogP contribution < -0.4 is 4.90 Å². The van der Waals surface area contributed by atoms with Crippen LogP contribution in [0.5, 0.6) is 0 Å². The fraction of sp³-hybridized carbons (Fsp3) is 0.227. The van der Waals surface area contributed by atoms with E-state index in [-0.39, 0.29) is 6.10 Å². The molecule has 0 amide bonds. The van der Waals surface area contributed by atoms with E-state index in [1.54, 1.807) is 12.3 Å². The molecule has 6 nitrogen and oxygen atoms in total. The molecule has 29 heavy (non-hydrogen) atoms. The number of benzene rings is 1. The predicted octanol–water partition coefficient (Wildman–Crippen LogP) is 4.57. The van der Waals surface area contributed by atoms with Gasteiger partial charge in [-0.2, -0.15) is 4.98 Å². The van der Waals surface area contributed by atoms with Crippen molar-refractivity contribution >= 4 is 28.6 Å². The van der Waals surface area contributed by atoms with Crippen LogP contribution in [0.15, 0.2) is 59.3 Å². The summed E-state index contributed by atoms with van der Waals surface area (Å²) < 4.78 is 6.22. The summed E-state index contributed by atoms with van der Waals surface area (Å²) >= 11 is 5.96. The zero-order valence-corrected chi connectivity index (χ0v) is 16.4. The van der Waals surface area contributed by atoms with E-state index in [0.717, 1.165) is 48.0 Å². The Labute approximate surface area is 172 Å². The maximum Gasteiger partial charge on any atom is 0.232 e. The largest absolute Gasteiger partial charge is 0.437 e. The molecule has 0 bridgehead atoms. The molecule has 146 valence electrons. The van der Waals surface area contributed by atoms with Crippen molar-refractivity contribution in [3.05, 3.63) is 60.0 Å². The van der Waals surface area contributed by atoms with Crippen molar-refractivity contribution in [2.24, 2.45) is 0 Å². The van der Waals surface area contributed by atoms with Crippen molar-refractivity contribution in [2.45, 2.75) is 18.9 Å². The lowest BCUT2D eigenvalue weighted by molar-refractivity contribution is 0.145. The van der Waals surface area contributed by atoms with E-state index in [0.29, 0.717) is 22.6 Å². The van der Waals surface area contributed by atoms with Crippen LogP contribution in [0.25, 0.3) is 33.6 Å². The van der Waals surface area contributed by atoms with Gasteiger partial charge >= 0.3 is 0 Å². The number of fused-ring (bicyclic) bond motifs is 1. The molecule has 0 unspecified atom stereocenters. The minimum atomic E-state index is -0.243.